The first-order valence-electron chi connectivity index (χ1n) is 3.56. The van der Waals surface area contributed by atoms with Gasteiger partial charge >= 0.3 is 0 Å². The molecule has 0 spiro atoms. The highest BCUT2D eigenvalue weighted by Crippen LogP contribution is 2.05. The SMILES string of the molecule is C[C](C)CCCN(C)C. The lowest BCUT2D eigenvalue weighted by atomic mass is 10.1. The first-order valence-corrected chi connectivity index (χ1v) is 3.56. The van der Waals surface area contributed by atoms with E-state index >= 15 is 0 Å². The van der Waals surface area contributed by atoms with Crippen molar-refractivity contribution in [3.8, 4) is 0 Å². The van der Waals surface area contributed by atoms with Gasteiger partial charge in [-0.25, -0.2) is 0 Å². The number of rotatable bonds is 4. The van der Waals surface area contributed by atoms with Crippen LogP contribution >= 0.6 is 0 Å². The molecule has 0 N–H and O–H groups in total. The van der Waals surface area contributed by atoms with E-state index in [1.807, 2.05) is 0 Å². The quantitative estimate of drug-likeness (QED) is 0.559. The van der Waals surface area contributed by atoms with Crippen LogP contribution in [0.1, 0.15) is 26.7 Å². The second kappa shape index (κ2) is 4.80. The molecule has 0 heterocycles. The Morgan fingerprint density at radius 2 is 1.78 bits per heavy atom. The standard InChI is InChI=1S/C8H18N/c1-8(2)6-5-7-9(3)4/h5-7H2,1-4H3. The smallest absolute Gasteiger partial charge is 0.00246 e. The van der Waals surface area contributed by atoms with Gasteiger partial charge in [-0.1, -0.05) is 13.8 Å². The summed E-state index contributed by atoms with van der Waals surface area (Å²) in [5.74, 6) is 1.54. The minimum Gasteiger partial charge on any atom is -0.309 e. The van der Waals surface area contributed by atoms with Crippen LogP contribution in [0.15, 0.2) is 0 Å². The van der Waals surface area contributed by atoms with Crippen LogP contribution in [0.2, 0.25) is 0 Å². The van der Waals surface area contributed by atoms with Crippen LogP contribution in [0.25, 0.3) is 0 Å². The Morgan fingerprint density at radius 3 is 2.11 bits per heavy atom. The second-order valence-electron chi connectivity index (χ2n) is 3.11. The monoisotopic (exact) mass is 128 g/mol. The van der Waals surface area contributed by atoms with E-state index in [9.17, 15) is 0 Å². The highest BCUT2D eigenvalue weighted by Gasteiger charge is 1.94. The molecule has 0 aliphatic heterocycles. The van der Waals surface area contributed by atoms with Crippen LogP contribution in [0.3, 0.4) is 0 Å². The molecule has 0 aromatic heterocycles. The highest BCUT2D eigenvalue weighted by molar-refractivity contribution is 4.76. The average molecular weight is 128 g/mol. The summed E-state index contributed by atoms with van der Waals surface area (Å²) in [6.07, 6.45) is 2.58. The Balaban J connectivity index is 2.91. The number of hydrogen-bond donors (Lipinski definition) is 0. The summed E-state index contributed by atoms with van der Waals surface area (Å²) in [5.41, 5.74) is 0. The van der Waals surface area contributed by atoms with Crippen molar-refractivity contribution in [3.63, 3.8) is 0 Å². The van der Waals surface area contributed by atoms with Crippen molar-refractivity contribution >= 4 is 0 Å². The molecule has 1 radical (unpaired) electrons. The summed E-state index contributed by atoms with van der Waals surface area (Å²) in [4.78, 5) is 2.23. The predicted molar refractivity (Wildman–Crippen MR) is 42.4 cm³/mol. The maximum absolute atomic E-state index is 2.23. The summed E-state index contributed by atoms with van der Waals surface area (Å²) in [5, 5.41) is 0. The largest absolute Gasteiger partial charge is 0.309 e. The van der Waals surface area contributed by atoms with Gasteiger partial charge in [0.1, 0.15) is 0 Å². The summed E-state index contributed by atoms with van der Waals surface area (Å²) >= 11 is 0. The second-order valence-corrected chi connectivity index (χ2v) is 3.11. The van der Waals surface area contributed by atoms with E-state index in [-0.39, 0.29) is 0 Å². The number of hydrogen-bond acceptors (Lipinski definition) is 1. The maximum atomic E-state index is 2.23. The van der Waals surface area contributed by atoms with Crippen LogP contribution in [-0.4, -0.2) is 25.5 Å². The van der Waals surface area contributed by atoms with Crippen molar-refractivity contribution in [3.05, 3.63) is 5.92 Å². The zero-order valence-corrected chi connectivity index (χ0v) is 7.07. The van der Waals surface area contributed by atoms with E-state index in [4.69, 9.17) is 0 Å². The van der Waals surface area contributed by atoms with Crippen LogP contribution in [-0.2, 0) is 0 Å². The summed E-state index contributed by atoms with van der Waals surface area (Å²) < 4.78 is 0. The van der Waals surface area contributed by atoms with Crippen LogP contribution < -0.4 is 0 Å². The topological polar surface area (TPSA) is 3.24 Å². The van der Waals surface area contributed by atoms with Crippen LogP contribution in [0.5, 0.6) is 0 Å². The molecule has 0 saturated carbocycles. The molecule has 0 fully saturated rings. The van der Waals surface area contributed by atoms with Gasteiger partial charge in [-0.2, -0.15) is 0 Å². The fourth-order valence-corrected chi connectivity index (χ4v) is 0.749. The zero-order valence-electron chi connectivity index (χ0n) is 7.07. The van der Waals surface area contributed by atoms with Gasteiger partial charge < -0.3 is 4.90 Å². The van der Waals surface area contributed by atoms with E-state index in [0.717, 1.165) is 0 Å². The van der Waals surface area contributed by atoms with Gasteiger partial charge in [-0.15, -0.1) is 0 Å². The molecule has 1 heteroatoms. The van der Waals surface area contributed by atoms with Crippen molar-refractivity contribution in [2.45, 2.75) is 26.7 Å². The van der Waals surface area contributed by atoms with Crippen LogP contribution in [0.4, 0.5) is 0 Å². The Kier molecular flexibility index (Phi) is 4.78. The molecular weight excluding hydrogens is 110 g/mol. The van der Waals surface area contributed by atoms with Crippen molar-refractivity contribution in [1.82, 2.24) is 4.90 Å². The highest BCUT2D eigenvalue weighted by atomic mass is 15.0. The summed E-state index contributed by atoms with van der Waals surface area (Å²) in [6, 6.07) is 0. The lowest BCUT2D eigenvalue weighted by molar-refractivity contribution is 0.396. The molecule has 0 unspecified atom stereocenters. The van der Waals surface area contributed by atoms with Gasteiger partial charge in [0.15, 0.2) is 0 Å². The molecular formula is C8H18N. The lowest BCUT2D eigenvalue weighted by Crippen LogP contribution is -2.13. The van der Waals surface area contributed by atoms with Crippen molar-refractivity contribution in [2.24, 2.45) is 0 Å². The van der Waals surface area contributed by atoms with Gasteiger partial charge in [0.25, 0.3) is 0 Å². The maximum Gasteiger partial charge on any atom is -0.00246 e. The summed E-state index contributed by atoms with van der Waals surface area (Å²) in [7, 11) is 4.23. The fraction of sp³-hybridized carbons (Fsp3) is 0.875. The summed E-state index contributed by atoms with van der Waals surface area (Å²) in [6.45, 7) is 5.59. The predicted octanol–water partition coefficient (Wildman–Crippen LogP) is 1.94. The number of nitrogens with zero attached hydrogens (tertiary/aromatic N) is 1. The van der Waals surface area contributed by atoms with Gasteiger partial charge in [-0.3, -0.25) is 0 Å². The van der Waals surface area contributed by atoms with E-state index in [1.165, 1.54) is 25.3 Å². The normalized spacial score (nSPS) is 11.3. The first-order chi connectivity index (χ1) is 4.13. The molecule has 0 saturated heterocycles. The third-order valence-electron chi connectivity index (χ3n) is 1.28. The molecule has 0 atom stereocenters. The molecule has 0 bridgehead atoms. The van der Waals surface area contributed by atoms with Crippen molar-refractivity contribution < 1.29 is 0 Å². The van der Waals surface area contributed by atoms with E-state index in [2.05, 4.69) is 32.8 Å². The molecule has 1 nitrogen and oxygen atoms in total. The van der Waals surface area contributed by atoms with Gasteiger partial charge in [0.2, 0.25) is 0 Å². The Hall–Kier alpha value is -0.0400. The third-order valence-corrected chi connectivity index (χ3v) is 1.28. The molecule has 0 amide bonds. The van der Waals surface area contributed by atoms with Crippen molar-refractivity contribution in [2.75, 3.05) is 20.6 Å². The molecule has 0 aromatic carbocycles. The fourth-order valence-electron chi connectivity index (χ4n) is 0.749. The Bertz CT molecular complexity index is 49.6. The van der Waals surface area contributed by atoms with Crippen molar-refractivity contribution in [1.29, 1.82) is 0 Å². The van der Waals surface area contributed by atoms with Gasteiger partial charge in [0.05, 0.1) is 0 Å². The average Bonchev–Trinajstić information content (AvgIpc) is 1.63. The zero-order chi connectivity index (χ0) is 7.28. The molecule has 55 valence electrons. The minimum absolute atomic E-state index is 1.21. The van der Waals surface area contributed by atoms with E-state index in [1.54, 1.807) is 0 Å². The van der Waals surface area contributed by atoms with E-state index in [0.29, 0.717) is 0 Å². The molecule has 0 aliphatic rings. The van der Waals surface area contributed by atoms with Crippen LogP contribution in [0, 0.1) is 5.92 Å². The lowest BCUT2D eigenvalue weighted by Gasteiger charge is -2.09. The molecule has 0 aromatic rings. The molecule has 0 aliphatic carbocycles. The van der Waals surface area contributed by atoms with Gasteiger partial charge in [-0.05, 0) is 39.4 Å². The van der Waals surface area contributed by atoms with Gasteiger partial charge in [0, 0.05) is 0 Å². The Morgan fingerprint density at radius 1 is 1.22 bits per heavy atom. The Labute approximate surface area is 59.1 Å². The molecule has 9 heavy (non-hydrogen) atoms. The van der Waals surface area contributed by atoms with E-state index < -0.39 is 0 Å². The molecule has 0 rings (SSSR count). The minimum atomic E-state index is 1.21. The first kappa shape index (κ1) is 8.96. The third kappa shape index (κ3) is 7.96.